The van der Waals surface area contributed by atoms with Crippen LogP contribution in [-0.4, -0.2) is 21.3 Å². The zero-order chi connectivity index (χ0) is 17.4. The second-order valence-electron chi connectivity index (χ2n) is 6.24. The van der Waals surface area contributed by atoms with E-state index in [1.165, 1.54) is 6.07 Å². The van der Waals surface area contributed by atoms with Crippen LogP contribution in [0.2, 0.25) is 0 Å². The Bertz CT molecular complexity index is 962. The lowest BCUT2D eigenvalue weighted by Crippen LogP contribution is -1.94. The number of rotatable bonds is 4. The first-order valence-electron chi connectivity index (χ1n) is 8.11. The molecule has 0 fully saturated rings. The number of nitro groups is 1. The number of hydrogen-bond donors (Lipinski definition) is 0. The van der Waals surface area contributed by atoms with Gasteiger partial charge in [0, 0.05) is 43.8 Å². The van der Waals surface area contributed by atoms with Gasteiger partial charge in [-0.3, -0.25) is 14.8 Å². The van der Waals surface area contributed by atoms with E-state index >= 15 is 0 Å². The lowest BCUT2D eigenvalue weighted by molar-refractivity contribution is -0.384. The molecular formula is C19H17N3O3. The van der Waals surface area contributed by atoms with Gasteiger partial charge in [-0.05, 0) is 28.3 Å². The van der Waals surface area contributed by atoms with Crippen molar-refractivity contribution in [3.63, 3.8) is 0 Å². The Morgan fingerprint density at radius 1 is 1.28 bits per heavy atom. The summed E-state index contributed by atoms with van der Waals surface area (Å²) in [6.07, 6.45) is 5.48. The van der Waals surface area contributed by atoms with Crippen molar-refractivity contribution in [1.29, 1.82) is 0 Å². The molecule has 0 aliphatic carbocycles. The third-order valence-electron chi connectivity index (χ3n) is 4.38. The predicted octanol–water partition coefficient (Wildman–Crippen LogP) is 3.52. The quantitative estimate of drug-likeness (QED) is 0.540. The first-order chi connectivity index (χ1) is 12.1. The van der Waals surface area contributed by atoms with Crippen molar-refractivity contribution in [3.05, 3.63) is 75.6 Å². The molecule has 0 spiro atoms. The first kappa shape index (κ1) is 15.4. The molecule has 0 saturated heterocycles. The summed E-state index contributed by atoms with van der Waals surface area (Å²) < 4.78 is 7.59. The molecule has 6 nitrogen and oxygen atoms in total. The minimum Gasteiger partial charge on any atom is -0.492 e. The van der Waals surface area contributed by atoms with E-state index in [1.807, 2.05) is 25.5 Å². The fraction of sp³-hybridized carbons (Fsp3) is 0.211. The summed E-state index contributed by atoms with van der Waals surface area (Å²) >= 11 is 0. The average Bonchev–Trinajstić information content (AvgIpc) is 3.23. The van der Waals surface area contributed by atoms with Gasteiger partial charge >= 0.3 is 0 Å². The van der Waals surface area contributed by atoms with Gasteiger partial charge in [0.15, 0.2) is 0 Å². The Morgan fingerprint density at radius 2 is 2.16 bits per heavy atom. The molecule has 1 aliphatic heterocycles. The highest BCUT2D eigenvalue weighted by atomic mass is 16.6. The van der Waals surface area contributed by atoms with Crippen molar-refractivity contribution >= 4 is 5.69 Å². The fourth-order valence-corrected chi connectivity index (χ4v) is 3.28. The zero-order valence-electron chi connectivity index (χ0n) is 13.8. The van der Waals surface area contributed by atoms with E-state index in [-0.39, 0.29) is 10.6 Å². The van der Waals surface area contributed by atoms with Gasteiger partial charge in [-0.1, -0.05) is 18.2 Å². The molecule has 0 amide bonds. The maximum absolute atomic E-state index is 11.1. The molecule has 3 aromatic rings. The Balaban J connectivity index is 1.79. The molecule has 0 atom stereocenters. The van der Waals surface area contributed by atoms with Crippen molar-refractivity contribution < 1.29 is 9.66 Å². The number of nitrogens with zero attached hydrogens (tertiary/aromatic N) is 3. The molecular weight excluding hydrogens is 318 g/mol. The summed E-state index contributed by atoms with van der Waals surface area (Å²) in [7, 11) is 1.90. The van der Waals surface area contributed by atoms with Gasteiger partial charge in [-0.25, -0.2) is 0 Å². The summed E-state index contributed by atoms with van der Waals surface area (Å²) in [5.74, 6) is 0.843. The summed E-state index contributed by atoms with van der Waals surface area (Å²) in [5, 5.41) is 15.3. The van der Waals surface area contributed by atoms with E-state index in [4.69, 9.17) is 4.74 Å². The molecule has 1 aliphatic rings. The second-order valence-corrected chi connectivity index (χ2v) is 6.24. The van der Waals surface area contributed by atoms with Crippen LogP contribution in [0.3, 0.4) is 0 Å². The van der Waals surface area contributed by atoms with Crippen LogP contribution in [0.4, 0.5) is 5.69 Å². The summed E-state index contributed by atoms with van der Waals surface area (Å²) in [6, 6.07) is 10.9. The average molecular weight is 335 g/mol. The third kappa shape index (κ3) is 2.98. The van der Waals surface area contributed by atoms with Gasteiger partial charge in [0.2, 0.25) is 0 Å². The topological polar surface area (TPSA) is 70.2 Å². The smallest absolute Gasteiger partial charge is 0.270 e. The number of nitro benzene ring substituents is 1. The Labute approximate surface area is 144 Å². The molecule has 0 radical (unpaired) electrons. The minimum absolute atomic E-state index is 0.0851. The number of fused-ring (bicyclic) bond motifs is 1. The van der Waals surface area contributed by atoms with Crippen LogP contribution in [0.1, 0.15) is 16.7 Å². The maximum Gasteiger partial charge on any atom is 0.270 e. The van der Waals surface area contributed by atoms with Crippen LogP contribution < -0.4 is 4.74 Å². The largest absolute Gasteiger partial charge is 0.492 e. The molecule has 126 valence electrons. The maximum atomic E-state index is 11.1. The lowest BCUT2D eigenvalue weighted by atomic mass is 9.95. The van der Waals surface area contributed by atoms with E-state index in [0.717, 1.165) is 46.4 Å². The first-order valence-corrected chi connectivity index (χ1v) is 8.11. The van der Waals surface area contributed by atoms with Crippen LogP contribution in [0.5, 0.6) is 5.75 Å². The van der Waals surface area contributed by atoms with E-state index in [1.54, 1.807) is 16.8 Å². The minimum atomic E-state index is -0.371. The zero-order valence-corrected chi connectivity index (χ0v) is 13.8. The van der Waals surface area contributed by atoms with Crippen LogP contribution in [0, 0.1) is 10.1 Å². The van der Waals surface area contributed by atoms with Crippen LogP contribution >= 0.6 is 0 Å². The van der Waals surface area contributed by atoms with Crippen molar-refractivity contribution in [2.75, 3.05) is 6.61 Å². The van der Waals surface area contributed by atoms with Crippen molar-refractivity contribution in [2.45, 2.75) is 12.8 Å². The predicted molar refractivity (Wildman–Crippen MR) is 93.7 cm³/mol. The third-order valence-corrected chi connectivity index (χ3v) is 4.38. The Kier molecular flexibility index (Phi) is 3.72. The number of aromatic nitrogens is 2. The van der Waals surface area contributed by atoms with Gasteiger partial charge in [0.1, 0.15) is 5.75 Å². The molecule has 4 rings (SSSR count). The highest BCUT2D eigenvalue weighted by Gasteiger charge is 2.20. The summed E-state index contributed by atoms with van der Waals surface area (Å²) in [5.41, 5.74) is 5.24. The summed E-state index contributed by atoms with van der Waals surface area (Å²) in [6.45, 7) is 0.646. The lowest BCUT2D eigenvalue weighted by Gasteiger charge is -2.11. The highest BCUT2D eigenvalue weighted by molar-refractivity contribution is 5.75. The molecule has 0 saturated carbocycles. The molecule has 0 bridgehead atoms. The van der Waals surface area contributed by atoms with Gasteiger partial charge in [0.25, 0.3) is 5.69 Å². The number of ether oxygens (including phenoxy) is 1. The highest BCUT2D eigenvalue weighted by Crippen LogP contribution is 2.39. The van der Waals surface area contributed by atoms with Gasteiger partial charge in [-0.15, -0.1) is 0 Å². The van der Waals surface area contributed by atoms with Crippen LogP contribution in [-0.2, 0) is 19.9 Å². The van der Waals surface area contributed by atoms with Crippen molar-refractivity contribution in [2.24, 2.45) is 7.05 Å². The molecule has 6 heteroatoms. The van der Waals surface area contributed by atoms with Gasteiger partial charge in [-0.2, -0.15) is 5.10 Å². The SMILES string of the molecule is Cn1cc(Cc2cc3c(c(-c4cccc([N+](=O)[O-])c4)c2)OCC3)cn1. The Morgan fingerprint density at radius 3 is 2.92 bits per heavy atom. The Hall–Kier alpha value is -3.15. The van der Waals surface area contributed by atoms with Gasteiger partial charge < -0.3 is 4.74 Å². The summed E-state index contributed by atoms with van der Waals surface area (Å²) in [4.78, 5) is 10.7. The second kappa shape index (κ2) is 6.05. The fourth-order valence-electron chi connectivity index (χ4n) is 3.28. The van der Waals surface area contributed by atoms with E-state index in [9.17, 15) is 10.1 Å². The van der Waals surface area contributed by atoms with E-state index < -0.39 is 0 Å². The monoisotopic (exact) mass is 335 g/mol. The molecule has 1 aromatic heterocycles. The van der Waals surface area contributed by atoms with Crippen molar-refractivity contribution in [3.8, 4) is 16.9 Å². The van der Waals surface area contributed by atoms with E-state index in [2.05, 4.69) is 17.2 Å². The van der Waals surface area contributed by atoms with Gasteiger partial charge in [0.05, 0.1) is 17.7 Å². The normalized spacial score (nSPS) is 12.7. The molecule has 0 N–H and O–H groups in total. The standard InChI is InChI=1S/C19H17N3O3/c1-21-12-14(11-20-21)7-13-8-16-5-6-25-19(16)18(9-13)15-3-2-4-17(10-15)22(23)24/h2-4,8-12H,5-7H2,1H3. The number of hydrogen-bond acceptors (Lipinski definition) is 4. The number of benzene rings is 2. The molecule has 2 aromatic carbocycles. The molecule has 0 unspecified atom stereocenters. The number of non-ortho nitro benzene ring substituents is 1. The molecule has 25 heavy (non-hydrogen) atoms. The molecule has 2 heterocycles. The number of aryl methyl sites for hydroxylation is 1. The van der Waals surface area contributed by atoms with Crippen molar-refractivity contribution in [1.82, 2.24) is 9.78 Å². The van der Waals surface area contributed by atoms with Crippen LogP contribution in [0.15, 0.2) is 48.8 Å². The van der Waals surface area contributed by atoms with E-state index in [0.29, 0.717) is 6.61 Å². The van der Waals surface area contributed by atoms with Crippen LogP contribution in [0.25, 0.3) is 11.1 Å².